The summed E-state index contributed by atoms with van der Waals surface area (Å²) in [6.45, 7) is 0. The molecule has 2 aliphatic carbocycles. The molecular weight excluding hydrogens is 770 g/mol. The maximum Gasteiger partial charge on any atom is 0.0376 e. The van der Waals surface area contributed by atoms with Gasteiger partial charge >= 0.3 is 0 Å². The van der Waals surface area contributed by atoms with Gasteiger partial charge < -0.3 is 9.80 Å². The molecule has 0 radical (unpaired) electrons. The molecule has 8 rings (SSSR count). The van der Waals surface area contributed by atoms with Gasteiger partial charge in [-0.3, -0.25) is 0 Å². The maximum atomic E-state index is 2.45. The standard InChI is InChI=1S/2C26H30NP.Fe/c2*1-27(2)26(21-13-6-3-7-14-21)24-19-12-20-25(24)28(22-15-8-4-9-16-22)23-17-10-5-11-18-23;/h2*3-11,13-18,24-26H,12,19-20H2,1-2H3;/t2*24?,25?,26-;/m11./s1. The summed E-state index contributed by atoms with van der Waals surface area (Å²) in [6, 6.07) is 68.2. The molecule has 0 N–H and O–H groups in total. The molecular formula is C52H60FeN2P2. The molecule has 0 aromatic heterocycles. The van der Waals surface area contributed by atoms with E-state index in [1.165, 1.54) is 70.9 Å². The quantitative estimate of drug-likeness (QED) is 0.0895. The van der Waals surface area contributed by atoms with Crippen molar-refractivity contribution in [2.75, 3.05) is 28.2 Å². The maximum absolute atomic E-state index is 2.45. The van der Waals surface area contributed by atoms with Crippen LogP contribution >= 0.6 is 15.8 Å². The first-order chi connectivity index (χ1) is 27.5. The molecule has 2 saturated carbocycles. The van der Waals surface area contributed by atoms with Gasteiger partial charge in [0.15, 0.2) is 0 Å². The van der Waals surface area contributed by atoms with Crippen molar-refractivity contribution in [3.8, 4) is 0 Å². The van der Waals surface area contributed by atoms with Crippen LogP contribution in [0.15, 0.2) is 182 Å². The van der Waals surface area contributed by atoms with Crippen molar-refractivity contribution in [3.05, 3.63) is 193 Å². The topological polar surface area (TPSA) is 6.48 Å². The van der Waals surface area contributed by atoms with Crippen LogP contribution in [0.2, 0.25) is 0 Å². The summed E-state index contributed by atoms with van der Waals surface area (Å²) in [6.07, 6.45) is 7.98. The van der Waals surface area contributed by atoms with Crippen LogP contribution in [0.5, 0.6) is 0 Å². The minimum absolute atomic E-state index is 0. The van der Waals surface area contributed by atoms with Crippen molar-refractivity contribution >= 4 is 37.1 Å². The zero-order chi connectivity index (χ0) is 38.7. The van der Waals surface area contributed by atoms with Crippen molar-refractivity contribution < 1.29 is 17.1 Å². The Hall–Kier alpha value is -3.38. The van der Waals surface area contributed by atoms with Gasteiger partial charge in [-0.05, 0) is 125 Å². The number of rotatable bonds is 12. The first-order valence-electron chi connectivity index (χ1n) is 20.7. The van der Waals surface area contributed by atoms with Gasteiger partial charge in [-0.15, -0.1) is 0 Å². The van der Waals surface area contributed by atoms with Crippen molar-refractivity contribution in [1.82, 2.24) is 9.80 Å². The minimum atomic E-state index is -0.366. The third-order valence-corrected chi connectivity index (χ3v) is 18.1. The van der Waals surface area contributed by atoms with E-state index in [4.69, 9.17) is 0 Å². The minimum Gasteiger partial charge on any atom is -0.302 e. The largest absolute Gasteiger partial charge is 0.302 e. The van der Waals surface area contributed by atoms with E-state index in [9.17, 15) is 0 Å². The molecule has 6 aromatic carbocycles. The first kappa shape index (κ1) is 43.2. The summed E-state index contributed by atoms with van der Waals surface area (Å²) in [4.78, 5) is 4.89. The molecule has 296 valence electrons. The predicted octanol–water partition coefficient (Wildman–Crippen LogP) is 11.2. The summed E-state index contributed by atoms with van der Waals surface area (Å²) in [5.74, 6) is 1.37. The number of benzene rings is 6. The monoisotopic (exact) mass is 830 g/mol. The summed E-state index contributed by atoms with van der Waals surface area (Å²) in [7, 11) is 8.27. The smallest absolute Gasteiger partial charge is 0.0376 e. The van der Waals surface area contributed by atoms with E-state index < -0.39 is 0 Å². The predicted molar refractivity (Wildman–Crippen MR) is 246 cm³/mol. The molecule has 4 unspecified atom stereocenters. The Balaban J connectivity index is 0.000000189. The van der Waals surface area contributed by atoms with Crippen molar-refractivity contribution in [3.63, 3.8) is 0 Å². The summed E-state index contributed by atoms with van der Waals surface area (Å²) >= 11 is 0. The van der Waals surface area contributed by atoms with Gasteiger partial charge in [0.1, 0.15) is 0 Å². The SMILES string of the molecule is CN(C)[C@H](c1ccccc1)C1CCCC1P(c1ccccc1)c1ccccc1.CN(C)[C@H](c1ccccc1)C1CCCC1P(c1ccccc1)c1ccccc1.[Fe]. The van der Waals surface area contributed by atoms with Crippen LogP contribution in [0, 0.1) is 11.8 Å². The third-order valence-electron chi connectivity index (χ3n) is 12.1. The zero-order valence-electron chi connectivity index (χ0n) is 34.2. The van der Waals surface area contributed by atoms with Gasteiger partial charge in [-0.1, -0.05) is 195 Å². The average Bonchev–Trinajstić information content (AvgIpc) is 3.91. The van der Waals surface area contributed by atoms with Crippen molar-refractivity contribution in [1.29, 1.82) is 0 Å². The van der Waals surface area contributed by atoms with Gasteiger partial charge in [-0.2, -0.15) is 0 Å². The van der Waals surface area contributed by atoms with Crippen LogP contribution in [-0.4, -0.2) is 49.3 Å². The molecule has 0 heterocycles. The summed E-state index contributed by atoms with van der Waals surface area (Å²) < 4.78 is 0. The molecule has 0 spiro atoms. The van der Waals surface area contributed by atoms with Crippen LogP contribution in [-0.2, 0) is 17.1 Å². The number of hydrogen-bond acceptors (Lipinski definition) is 2. The van der Waals surface area contributed by atoms with Gasteiger partial charge in [0.05, 0.1) is 0 Å². The molecule has 5 heteroatoms. The van der Waals surface area contributed by atoms with Crippen LogP contribution in [0.3, 0.4) is 0 Å². The van der Waals surface area contributed by atoms with E-state index in [1.807, 2.05) is 0 Å². The fourth-order valence-corrected chi connectivity index (χ4v) is 16.3. The van der Waals surface area contributed by atoms with E-state index in [-0.39, 0.29) is 32.9 Å². The fourth-order valence-electron chi connectivity index (χ4n) is 9.89. The normalized spacial score (nSPS) is 20.2. The van der Waals surface area contributed by atoms with E-state index in [0.717, 1.165) is 0 Å². The van der Waals surface area contributed by atoms with Gasteiger partial charge in [0.25, 0.3) is 0 Å². The van der Waals surface area contributed by atoms with E-state index in [1.54, 1.807) is 0 Å². The molecule has 6 aromatic rings. The fraction of sp³-hybridized carbons (Fsp3) is 0.308. The first-order valence-corrected chi connectivity index (χ1v) is 23.5. The van der Waals surface area contributed by atoms with Crippen LogP contribution < -0.4 is 21.2 Å². The van der Waals surface area contributed by atoms with Gasteiger partial charge in [-0.25, -0.2) is 0 Å². The van der Waals surface area contributed by atoms with Crippen molar-refractivity contribution in [2.24, 2.45) is 11.8 Å². The average molecular weight is 831 g/mol. The molecule has 0 amide bonds. The van der Waals surface area contributed by atoms with Crippen LogP contribution in [0.25, 0.3) is 0 Å². The molecule has 0 aliphatic heterocycles. The van der Waals surface area contributed by atoms with Gasteiger partial charge in [0.2, 0.25) is 0 Å². The van der Waals surface area contributed by atoms with Crippen LogP contribution in [0.4, 0.5) is 0 Å². The molecule has 0 bridgehead atoms. The Bertz CT molecular complexity index is 1770. The van der Waals surface area contributed by atoms with E-state index >= 15 is 0 Å². The third kappa shape index (κ3) is 10.6. The zero-order valence-corrected chi connectivity index (χ0v) is 37.1. The Kier molecular flexibility index (Phi) is 16.4. The Morgan fingerprint density at radius 3 is 0.860 bits per heavy atom. The molecule has 2 fully saturated rings. The summed E-state index contributed by atoms with van der Waals surface area (Å²) in [5.41, 5.74) is 4.35. The number of hydrogen-bond donors (Lipinski definition) is 0. The van der Waals surface area contributed by atoms with Crippen molar-refractivity contribution in [2.45, 2.75) is 61.9 Å². The molecule has 6 atom stereocenters. The Labute approximate surface area is 357 Å². The van der Waals surface area contributed by atoms with E-state index in [0.29, 0.717) is 35.2 Å². The van der Waals surface area contributed by atoms with Crippen LogP contribution in [0.1, 0.15) is 61.7 Å². The second-order valence-electron chi connectivity index (χ2n) is 16.0. The molecule has 2 nitrogen and oxygen atoms in total. The Morgan fingerprint density at radius 1 is 0.368 bits per heavy atom. The molecule has 2 aliphatic rings. The second kappa shape index (κ2) is 21.6. The van der Waals surface area contributed by atoms with E-state index in [2.05, 4.69) is 220 Å². The molecule has 57 heavy (non-hydrogen) atoms. The summed E-state index contributed by atoms with van der Waals surface area (Å²) in [5, 5.41) is 6.08. The van der Waals surface area contributed by atoms with Gasteiger partial charge in [0, 0.05) is 29.2 Å². The number of nitrogens with zero attached hydrogens (tertiary/aromatic N) is 2. The Morgan fingerprint density at radius 2 is 0.614 bits per heavy atom. The molecule has 0 saturated heterocycles. The second-order valence-corrected chi connectivity index (χ2v) is 20.9.